The van der Waals surface area contributed by atoms with Crippen LogP contribution in [-0.4, -0.2) is 18.1 Å². The van der Waals surface area contributed by atoms with Crippen LogP contribution in [0.25, 0.3) is 0 Å². The SMILES string of the molecule is CCCOc1ccc(NCCc2scnc2C)cc1. The van der Waals surface area contributed by atoms with E-state index in [1.165, 1.54) is 4.88 Å². The average Bonchev–Trinajstić information content (AvgIpc) is 2.84. The number of thiazole rings is 1. The molecule has 102 valence electrons. The molecular formula is C15H20N2OS. The molecule has 1 N–H and O–H groups in total. The molecule has 0 aliphatic heterocycles. The van der Waals surface area contributed by atoms with Crippen LogP contribution in [0.15, 0.2) is 29.8 Å². The number of nitrogens with zero attached hydrogens (tertiary/aromatic N) is 1. The van der Waals surface area contributed by atoms with Crippen LogP contribution in [0.4, 0.5) is 5.69 Å². The van der Waals surface area contributed by atoms with E-state index in [0.717, 1.165) is 43.1 Å². The molecule has 0 unspecified atom stereocenters. The lowest BCUT2D eigenvalue weighted by molar-refractivity contribution is 0.317. The van der Waals surface area contributed by atoms with Gasteiger partial charge >= 0.3 is 0 Å². The Morgan fingerprint density at radius 3 is 2.68 bits per heavy atom. The third-order valence-corrected chi connectivity index (χ3v) is 3.85. The summed E-state index contributed by atoms with van der Waals surface area (Å²) in [6.07, 6.45) is 2.05. The van der Waals surface area contributed by atoms with Gasteiger partial charge in [-0.25, -0.2) is 4.98 Å². The van der Waals surface area contributed by atoms with Crippen molar-refractivity contribution in [3.8, 4) is 5.75 Å². The Morgan fingerprint density at radius 1 is 1.26 bits per heavy atom. The van der Waals surface area contributed by atoms with Crippen LogP contribution in [0.1, 0.15) is 23.9 Å². The van der Waals surface area contributed by atoms with Gasteiger partial charge in [0.2, 0.25) is 0 Å². The highest BCUT2D eigenvalue weighted by atomic mass is 32.1. The topological polar surface area (TPSA) is 34.1 Å². The highest BCUT2D eigenvalue weighted by molar-refractivity contribution is 7.09. The second-order valence-corrected chi connectivity index (χ2v) is 5.35. The molecule has 0 bridgehead atoms. The van der Waals surface area contributed by atoms with E-state index in [1.54, 1.807) is 11.3 Å². The number of ether oxygens (including phenoxy) is 1. The van der Waals surface area contributed by atoms with Crippen LogP contribution in [0.2, 0.25) is 0 Å². The van der Waals surface area contributed by atoms with Gasteiger partial charge in [0.15, 0.2) is 0 Å². The van der Waals surface area contributed by atoms with Crippen LogP contribution >= 0.6 is 11.3 Å². The van der Waals surface area contributed by atoms with Gasteiger partial charge in [0.1, 0.15) is 5.75 Å². The highest BCUT2D eigenvalue weighted by Gasteiger charge is 2.01. The third kappa shape index (κ3) is 4.24. The standard InChI is InChI=1S/C15H20N2OS/c1-3-10-18-14-6-4-13(5-7-14)16-9-8-15-12(2)17-11-19-15/h4-7,11,16H,3,8-10H2,1-2H3. The molecule has 2 aromatic rings. The van der Waals surface area contributed by atoms with Gasteiger partial charge in [0, 0.05) is 23.5 Å². The van der Waals surface area contributed by atoms with Crippen molar-refractivity contribution in [2.45, 2.75) is 26.7 Å². The number of aryl methyl sites for hydroxylation is 1. The molecule has 0 spiro atoms. The Hall–Kier alpha value is -1.55. The molecular weight excluding hydrogens is 256 g/mol. The van der Waals surface area contributed by atoms with Gasteiger partial charge in [-0.3, -0.25) is 0 Å². The summed E-state index contributed by atoms with van der Waals surface area (Å²) in [5, 5.41) is 3.42. The predicted molar refractivity (Wildman–Crippen MR) is 81.3 cm³/mol. The quantitative estimate of drug-likeness (QED) is 0.833. The Kier molecular flexibility index (Phi) is 5.21. The van der Waals surface area contributed by atoms with E-state index < -0.39 is 0 Å². The molecule has 0 saturated heterocycles. The summed E-state index contributed by atoms with van der Waals surface area (Å²) in [7, 11) is 0. The van der Waals surface area contributed by atoms with E-state index in [-0.39, 0.29) is 0 Å². The van der Waals surface area contributed by atoms with Gasteiger partial charge in [-0.1, -0.05) is 6.92 Å². The molecule has 0 atom stereocenters. The van der Waals surface area contributed by atoms with Crippen LogP contribution in [0.3, 0.4) is 0 Å². The largest absolute Gasteiger partial charge is 0.494 e. The minimum absolute atomic E-state index is 0.775. The summed E-state index contributed by atoms with van der Waals surface area (Å²) in [5.74, 6) is 0.936. The second kappa shape index (κ2) is 7.14. The van der Waals surface area contributed by atoms with Crippen molar-refractivity contribution < 1.29 is 4.74 Å². The molecule has 4 heteroatoms. The number of hydrogen-bond donors (Lipinski definition) is 1. The summed E-state index contributed by atoms with van der Waals surface area (Å²) in [6, 6.07) is 8.14. The zero-order chi connectivity index (χ0) is 13.5. The lowest BCUT2D eigenvalue weighted by atomic mass is 10.2. The second-order valence-electron chi connectivity index (χ2n) is 4.41. The van der Waals surface area contributed by atoms with Crippen LogP contribution in [0, 0.1) is 6.92 Å². The molecule has 0 fully saturated rings. The molecule has 0 amide bonds. The number of nitrogens with one attached hydrogen (secondary N) is 1. The fourth-order valence-electron chi connectivity index (χ4n) is 1.78. The van der Waals surface area contributed by atoms with E-state index in [1.807, 2.05) is 17.6 Å². The molecule has 0 saturated carbocycles. The summed E-state index contributed by atoms with van der Waals surface area (Å²) in [6.45, 7) is 5.87. The van der Waals surface area contributed by atoms with Crippen molar-refractivity contribution in [1.29, 1.82) is 0 Å². The van der Waals surface area contributed by atoms with Crippen LogP contribution in [0.5, 0.6) is 5.75 Å². The first-order valence-electron chi connectivity index (χ1n) is 6.65. The van der Waals surface area contributed by atoms with E-state index in [9.17, 15) is 0 Å². The first-order chi connectivity index (χ1) is 9.29. The summed E-state index contributed by atoms with van der Waals surface area (Å²) < 4.78 is 5.55. The number of benzene rings is 1. The Balaban J connectivity index is 1.78. The fourth-order valence-corrected chi connectivity index (χ4v) is 2.56. The molecule has 1 heterocycles. The molecule has 0 aliphatic carbocycles. The summed E-state index contributed by atoms with van der Waals surface area (Å²) >= 11 is 1.73. The molecule has 19 heavy (non-hydrogen) atoms. The normalized spacial score (nSPS) is 10.4. The fraction of sp³-hybridized carbons (Fsp3) is 0.400. The molecule has 0 aliphatic rings. The highest BCUT2D eigenvalue weighted by Crippen LogP contribution is 2.17. The van der Waals surface area contributed by atoms with Crippen LogP contribution < -0.4 is 10.1 Å². The molecule has 2 rings (SSSR count). The van der Waals surface area contributed by atoms with Crippen molar-refractivity contribution in [3.05, 3.63) is 40.3 Å². The van der Waals surface area contributed by atoms with Crippen molar-refractivity contribution in [2.24, 2.45) is 0 Å². The predicted octanol–water partition coefficient (Wildman–Crippen LogP) is 3.89. The van der Waals surface area contributed by atoms with Gasteiger partial charge in [0.25, 0.3) is 0 Å². The first-order valence-corrected chi connectivity index (χ1v) is 7.53. The molecule has 3 nitrogen and oxygen atoms in total. The maximum absolute atomic E-state index is 5.55. The first kappa shape index (κ1) is 13.9. The van der Waals surface area contributed by atoms with E-state index >= 15 is 0 Å². The van der Waals surface area contributed by atoms with Crippen molar-refractivity contribution in [3.63, 3.8) is 0 Å². The summed E-state index contributed by atoms with van der Waals surface area (Å²) in [5.41, 5.74) is 4.19. The number of rotatable bonds is 7. The van der Waals surface area contributed by atoms with E-state index in [2.05, 4.69) is 36.3 Å². The minimum Gasteiger partial charge on any atom is -0.494 e. The van der Waals surface area contributed by atoms with Crippen LogP contribution in [-0.2, 0) is 6.42 Å². The van der Waals surface area contributed by atoms with Gasteiger partial charge in [-0.2, -0.15) is 0 Å². The van der Waals surface area contributed by atoms with Crippen molar-refractivity contribution >= 4 is 17.0 Å². The number of hydrogen-bond acceptors (Lipinski definition) is 4. The average molecular weight is 276 g/mol. The maximum atomic E-state index is 5.55. The maximum Gasteiger partial charge on any atom is 0.119 e. The Labute approximate surface area is 118 Å². The lowest BCUT2D eigenvalue weighted by Gasteiger charge is -2.08. The third-order valence-electron chi connectivity index (χ3n) is 2.85. The van der Waals surface area contributed by atoms with Crippen molar-refractivity contribution in [1.82, 2.24) is 4.98 Å². The smallest absolute Gasteiger partial charge is 0.119 e. The number of aromatic nitrogens is 1. The zero-order valence-electron chi connectivity index (χ0n) is 11.5. The summed E-state index contributed by atoms with van der Waals surface area (Å²) in [4.78, 5) is 5.61. The van der Waals surface area contributed by atoms with Gasteiger partial charge in [0.05, 0.1) is 17.8 Å². The monoisotopic (exact) mass is 276 g/mol. The lowest BCUT2D eigenvalue weighted by Crippen LogP contribution is -2.04. The molecule has 0 radical (unpaired) electrons. The number of anilines is 1. The van der Waals surface area contributed by atoms with Gasteiger partial charge in [-0.05, 0) is 37.6 Å². The van der Waals surface area contributed by atoms with E-state index in [4.69, 9.17) is 4.74 Å². The van der Waals surface area contributed by atoms with E-state index in [0.29, 0.717) is 0 Å². The molecule has 1 aromatic carbocycles. The van der Waals surface area contributed by atoms with Crippen molar-refractivity contribution in [2.75, 3.05) is 18.5 Å². The minimum atomic E-state index is 0.775. The van der Waals surface area contributed by atoms with Gasteiger partial charge < -0.3 is 10.1 Å². The zero-order valence-corrected chi connectivity index (χ0v) is 12.3. The molecule has 1 aromatic heterocycles. The Morgan fingerprint density at radius 2 is 2.05 bits per heavy atom. The van der Waals surface area contributed by atoms with Gasteiger partial charge in [-0.15, -0.1) is 11.3 Å². The Bertz CT molecular complexity index is 493.